The Morgan fingerprint density at radius 2 is 0.471 bits per heavy atom. The maximum atomic E-state index is 12.6. The maximum absolute atomic E-state index is 12.6. The summed E-state index contributed by atoms with van der Waals surface area (Å²) in [5, 5.41) is 23.5. The average Bonchev–Trinajstić information content (AvgIpc) is 3.57. The van der Waals surface area contributed by atoms with Crippen molar-refractivity contribution in [3.05, 3.63) is 0 Å². The van der Waals surface area contributed by atoms with E-state index in [9.17, 15) is 19.8 Å². The van der Waals surface area contributed by atoms with E-state index in [1.165, 1.54) is 411 Å². The third-order valence-electron chi connectivity index (χ3n) is 19.7. The lowest BCUT2D eigenvalue weighted by Gasteiger charge is -2.22. The number of hydrogen-bond acceptors (Lipinski definition) is 5. The number of ether oxygens (including phenoxy) is 1. The second kappa shape index (κ2) is 77.3. The molecule has 0 fully saturated rings. The van der Waals surface area contributed by atoms with Crippen LogP contribution < -0.4 is 5.32 Å². The Morgan fingerprint density at radius 1 is 0.276 bits per heavy atom. The molecule has 0 aliphatic rings. The molecule has 3 N–H and O–H groups in total. The van der Waals surface area contributed by atoms with Crippen molar-refractivity contribution in [2.24, 2.45) is 0 Å². The number of aliphatic hydroxyl groups is 2. The molecule has 0 spiro atoms. The quantitative estimate of drug-likeness (QED) is 0.0417. The van der Waals surface area contributed by atoms with Crippen LogP contribution in [-0.4, -0.2) is 47.4 Å². The van der Waals surface area contributed by atoms with Crippen LogP contribution in [0.4, 0.5) is 0 Å². The number of aliphatic hydroxyl groups excluding tert-OH is 2. The van der Waals surface area contributed by atoms with E-state index in [0.717, 1.165) is 38.5 Å². The Bertz CT molecular complexity index is 1280. The summed E-state index contributed by atoms with van der Waals surface area (Å²) in [4.78, 5) is 24.6. The fourth-order valence-electron chi connectivity index (χ4n) is 13.5. The highest BCUT2D eigenvalue weighted by Gasteiger charge is 2.20. The molecule has 6 nitrogen and oxygen atoms in total. The smallest absolute Gasteiger partial charge is 0.305 e. The molecule has 0 radical (unpaired) electrons. The summed E-state index contributed by atoms with van der Waals surface area (Å²) in [7, 11) is 0. The van der Waals surface area contributed by atoms with Crippen LogP contribution in [0.15, 0.2) is 0 Å². The van der Waals surface area contributed by atoms with Gasteiger partial charge in [0.05, 0.1) is 25.4 Å². The fraction of sp³-hybridized carbons (Fsp3) is 0.975. The van der Waals surface area contributed by atoms with Gasteiger partial charge in [-0.2, -0.15) is 0 Å². The van der Waals surface area contributed by atoms with Gasteiger partial charge in [0.25, 0.3) is 0 Å². The molecule has 0 aromatic heterocycles. The molecule has 520 valence electrons. The van der Waals surface area contributed by atoms with Crippen LogP contribution in [0.5, 0.6) is 0 Å². The van der Waals surface area contributed by atoms with Gasteiger partial charge in [-0.3, -0.25) is 9.59 Å². The highest BCUT2D eigenvalue weighted by molar-refractivity contribution is 5.76. The van der Waals surface area contributed by atoms with Crippen LogP contribution in [0, 0.1) is 0 Å². The minimum Gasteiger partial charge on any atom is -0.466 e. The van der Waals surface area contributed by atoms with Gasteiger partial charge in [0.15, 0.2) is 0 Å². The molecule has 6 heteroatoms. The van der Waals surface area contributed by atoms with Crippen molar-refractivity contribution in [2.75, 3.05) is 13.2 Å². The number of carbonyl (C=O) groups is 2. The number of hydrogen-bond donors (Lipinski definition) is 3. The van der Waals surface area contributed by atoms with Gasteiger partial charge in [0, 0.05) is 12.8 Å². The van der Waals surface area contributed by atoms with Crippen LogP contribution in [0.25, 0.3) is 0 Å². The molecular weight excluding hydrogens is 1070 g/mol. The summed E-state index contributed by atoms with van der Waals surface area (Å²) < 4.78 is 5.50. The zero-order valence-electron chi connectivity index (χ0n) is 59.8. The molecule has 2 atom stereocenters. The topological polar surface area (TPSA) is 95.9 Å². The van der Waals surface area contributed by atoms with E-state index >= 15 is 0 Å². The van der Waals surface area contributed by atoms with Gasteiger partial charge in [0.2, 0.25) is 5.91 Å². The lowest BCUT2D eigenvalue weighted by atomic mass is 10.0. The van der Waals surface area contributed by atoms with Gasteiger partial charge in [-0.05, 0) is 25.7 Å². The number of carbonyl (C=O) groups excluding carboxylic acids is 2. The lowest BCUT2D eigenvalue weighted by molar-refractivity contribution is -0.143. The van der Waals surface area contributed by atoms with Crippen molar-refractivity contribution in [3.8, 4) is 0 Å². The van der Waals surface area contributed by atoms with E-state index < -0.39 is 12.1 Å². The minimum atomic E-state index is -0.661. The van der Waals surface area contributed by atoms with E-state index in [1.54, 1.807) is 0 Å². The van der Waals surface area contributed by atoms with Crippen LogP contribution in [0.3, 0.4) is 0 Å². The van der Waals surface area contributed by atoms with Crippen molar-refractivity contribution in [1.82, 2.24) is 5.32 Å². The second-order valence-electron chi connectivity index (χ2n) is 28.5. The van der Waals surface area contributed by atoms with E-state index in [1.807, 2.05) is 0 Å². The average molecular weight is 1230 g/mol. The molecule has 0 aliphatic carbocycles. The van der Waals surface area contributed by atoms with Crippen LogP contribution in [0.1, 0.15) is 483 Å². The number of nitrogens with one attached hydrogen (secondary N) is 1. The van der Waals surface area contributed by atoms with Gasteiger partial charge in [0.1, 0.15) is 0 Å². The van der Waals surface area contributed by atoms with E-state index in [2.05, 4.69) is 19.2 Å². The summed E-state index contributed by atoms with van der Waals surface area (Å²) in [5.41, 5.74) is 0. The molecule has 0 saturated carbocycles. The normalized spacial score (nSPS) is 12.4. The molecule has 0 heterocycles. The molecule has 0 aliphatic heterocycles. The second-order valence-corrected chi connectivity index (χ2v) is 28.5. The van der Waals surface area contributed by atoms with Crippen molar-refractivity contribution < 1.29 is 24.5 Å². The highest BCUT2D eigenvalue weighted by Crippen LogP contribution is 2.21. The van der Waals surface area contributed by atoms with E-state index in [4.69, 9.17) is 4.74 Å². The Labute approximate surface area is 547 Å². The SMILES string of the molecule is CCCCCCCCCCCCCCCCCCCCCCCCC(O)C(CO)NC(=O)CCCCCCCCCCCCCCCCCCCCCCCCCCCCCCCCCCCCCOC(=O)CCCCCCCCCCCCCCC. The molecule has 0 rings (SSSR count). The molecular formula is C81H161NO5. The van der Waals surface area contributed by atoms with Gasteiger partial charge in [-0.1, -0.05) is 444 Å². The molecule has 87 heavy (non-hydrogen) atoms. The third kappa shape index (κ3) is 73.8. The van der Waals surface area contributed by atoms with Gasteiger partial charge in [-0.15, -0.1) is 0 Å². The predicted molar refractivity (Wildman–Crippen MR) is 384 cm³/mol. The van der Waals surface area contributed by atoms with Gasteiger partial charge < -0.3 is 20.3 Å². The summed E-state index contributed by atoms with van der Waals surface area (Å²) in [6.07, 6.45) is 96.4. The number of amides is 1. The maximum Gasteiger partial charge on any atom is 0.305 e. The Hall–Kier alpha value is -1.14. The zero-order valence-corrected chi connectivity index (χ0v) is 59.8. The van der Waals surface area contributed by atoms with Crippen molar-refractivity contribution in [3.63, 3.8) is 0 Å². The van der Waals surface area contributed by atoms with Gasteiger partial charge >= 0.3 is 5.97 Å². The van der Waals surface area contributed by atoms with E-state index in [0.29, 0.717) is 25.9 Å². The third-order valence-corrected chi connectivity index (χ3v) is 19.7. The standard InChI is InChI=1S/C81H161NO5/c1-3-5-7-9-11-13-15-17-18-19-20-21-37-40-43-46-50-53-57-61-65-69-73-79(84)78(77-83)82-80(85)74-70-66-62-58-54-51-47-44-41-38-35-33-31-29-27-25-23-22-24-26-28-30-32-34-36-39-42-45-48-52-56-60-64-68-72-76-87-81(86)75-71-67-63-59-55-49-16-14-12-10-8-6-4-2/h78-79,83-84H,3-77H2,1-2H3,(H,82,85). The Kier molecular flexibility index (Phi) is 76.3. The molecule has 1 amide bonds. The molecule has 0 bridgehead atoms. The molecule has 0 aromatic rings. The zero-order chi connectivity index (χ0) is 62.8. The van der Waals surface area contributed by atoms with Crippen LogP contribution in [0.2, 0.25) is 0 Å². The number of unbranched alkanes of at least 4 members (excludes halogenated alkanes) is 67. The molecule has 0 aromatic carbocycles. The Morgan fingerprint density at radius 3 is 0.701 bits per heavy atom. The predicted octanol–water partition coefficient (Wildman–Crippen LogP) is 26.9. The number of esters is 1. The Balaban J connectivity index is 3.30. The molecule has 0 saturated heterocycles. The number of rotatable bonds is 78. The summed E-state index contributed by atoms with van der Waals surface area (Å²) in [6.45, 7) is 5.02. The van der Waals surface area contributed by atoms with Crippen LogP contribution >= 0.6 is 0 Å². The molecule has 2 unspecified atom stereocenters. The minimum absolute atomic E-state index is 0.0232. The first-order chi connectivity index (χ1) is 43.0. The van der Waals surface area contributed by atoms with Crippen molar-refractivity contribution in [2.45, 2.75) is 495 Å². The first-order valence-corrected chi connectivity index (χ1v) is 40.8. The lowest BCUT2D eigenvalue weighted by Crippen LogP contribution is -2.45. The fourth-order valence-corrected chi connectivity index (χ4v) is 13.5. The van der Waals surface area contributed by atoms with Crippen molar-refractivity contribution in [1.29, 1.82) is 0 Å². The summed E-state index contributed by atoms with van der Waals surface area (Å²) in [6, 6.07) is -0.537. The monoisotopic (exact) mass is 1230 g/mol. The van der Waals surface area contributed by atoms with Crippen molar-refractivity contribution >= 4 is 11.9 Å². The summed E-state index contributed by atoms with van der Waals surface area (Å²) in [5.74, 6) is 0.00236. The largest absolute Gasteiger partial charge is 0.466 e. The highest BCUT2D eigenvalue weighted by atomic mass is 16.5. The van der Waals surface area contributed by atoms with Crippen LogP contribution in [-0.2, 0) is 14.3 Å². The van der Waals surface area contributed by atoms with E-state index in [-0.39, 0.29) is 18.5 Å². The first kappa shape index (κ1) is 85.9. The first-order valence-electron chi connectivity index (χ1n) is 40.8. The van der Waals surface area contributed by atoms with Gasteiger partial charge in [-0.25, -0.2) is 0 Å². The summed E-state index contributed by atoms with van der Waals surface area (Å²) >= 11 is 0.